The molecule has 1 aromatic rings. The fraction of sp³-hybridized carbons (Fsp3) is 0.619. The van der Waals surface area contributed by atoms with Crippen LogP contribution in [0.2, 0.25) is 0 Å². The average Bonchev–Trinajstić information content (AvgIpc) is 2.60. The van der Waals surface area contributed by atoms with E-state index in [1.54, 1.807) is 17.0 Å². The molecule has 0 bridgehead atoms. The summed E-state index contributed by atoms with van der Waals surface area (Å²) in [7, 11) is -1.34. The van der Waals surface area contributed by atoms with Crippen molar-refractivity contribution in [2.24, 2.45) is 5.92 Å². The number of amides is 1. The lowest BCUT2D eigenvalue weighted by molar-refractivity contribution is -0.124. The first-order valence-electron chi connectivity index (χ1n) is 9.69. The van der Waals surface area contributed by atoms with Crippen molar-refractivity contribution in [1.29, 1.82) is 0 Å². The lowest BCUT2D eigenvalue weighted by atomic mass is 9.90. The Bertz CT molecular complexity index is 736. The lowest BCUT2D eigenvalue weighted by Crippen LogP contribution is -2.42. The van der Waals surface area contributed by atoms with E-state index in [0.717, 1.165) is 5.56 Å². The highest BCUT2D eigenvalue weighted by atomic mass is 32.2. The predicted molar refractivity (Wildman–Crippen MR) is 107 cm³/mol. The van der Waals surface area contributed by atoms with Crippen molar-refractivity contribution >= 4 is 22.7 Å². The van der Waals surface area contributed by atoms with E-state index in [0.29, 0.717) is 45.2 Å². The number of halogens is 1. The van der Waals surface area contributed by atoms with Crippen molar-refractivity contribution in [3.05, 3.63) is 29.6 Å². The maximum Gasteiger partial charge on any atom is 0.410 e. The zero-order valence-corrected chi connectivity index (χ0v) is 17.9. The number of likely N-dealkylation sites (tertiary alicyclic amines) is 1. The summed E-state index contributed by atoms with van der Waals surface area (Å²) in [4.78, 5) is 26.4. The fourth-order valence-corrected chi connectivity index (χ4v) is 3.91. The largest absolute Gasteiger partial charge is 0.444 e. The van der Waals surface area contributed by atoms with Gasteiger partial charge in [0.25, 0.3) is 0 Å². The quantitative estimate of drug-likeness (QED) is 0.707. The van der Waals surface area contributed by atoms with Gasteiger partial charge in [0, 0.05) is 31.7 Å². The molecule has 28 heavy (non-hydrogen) atoms. The molecule has 1 aliphatic heterocycles. The predicted octanol–water partition coefficient (Wildman–Crippen LogP) is 4.10. The highest BCUT2D eigenvalue weighted by Crippen LogP contribution is 2.23. The van der Waals surface area contributed by atoms with Gasteiger partial charge >= 0.3 is 6.09 Å². The lowest BCUT2D eigenvalue weighted by Gasteiger charge is -2.33. The number of hydrogen-bond acceptors (Lipinski definition) is 4. The van der Waals surface area contributed by atoms with Gasteiger partial charge in [0.2, 0.25) is 0 Å². The van der Waals surface area contributed by atoms with Crippen LogP contribution in [0.4, 0.5) is 9.18 Å². The third-order valence-corrected chi connectivity index (χ3v) is 5.75. The van der Waals surface area contributed by atoms with E-state index < -0.39 is 22.2 Å². The molecular weight excluding hydrogens is 381 g/mol. The zero-order valence-electron chi connectivity index (χ0n) is 17.1. The van der Waals surface area contributed by atoms with Crippen LogP contribution in [0.25, 0.3) is 0 Å². The van der Waals surface area contributed by atoms with Crippen LogP contribution in [0.5, 0.6) is 0 Å². The Morgan fingerprint density at radius 1 is 1.25 bits per heavy atom. The topological polar surface area (TPSA) is 63.7 Å². The van der Waals surface area contributed by atoms with Gasteiger partial charge in [-0.3, -0.25) is 9.00 Å². The molecule has 1 saturated heterocycles. The molecule has 1 unspecified atom stereocenters. The van der Waals surface area contributed by atoms with Crippen molar-refractivity contribution in [3.63, 3.8) is 0 Å². The van der Waals surface area contributed by atoms with Crippen LogP contribution >= 0.6 is 0 Å². The van der Waals surface area contributed by atoms with E-state index in [-0.39, 0.29) is 22.7 Å². The standard InChI is InChI=1S/C21H30FNO4S/c1-21(2,3)27-20(25)23-12-10-16(11-13-23)18(24)7-5-6-15-8-9-19(28(4)26)17(22)14-15/h8-9,14,16H,5-7,10-13H2,1-4H3. The molecule has 156 valence electrons. The number of hydrogen-bond donors (Lipinski definition) is 0. The highest BCUT2D eigenvalue weighted by Gasteiger charge is 2.29. The van der Waals surface area contributed by atoms with Gasteiger partial charge in [-0.1, -0.05) is 6.07 Å². The van der Waals surface area contributed by atoms with Gasteiger partial charge < -0.3 is 9.64 Å². The Hall–Kier alpha value is -1.76. The summed E-state index contributed by atoms with van der Waals surface area (Å²) >= 11 is 0. The molecule has 1 heterocycles. The number of aryl methyl sites for hydroxylation is 1. The van der Waals surface area contributed by atoms with E-state index in [2.05, 4.69) is 0 Å². The Morgan fingerprint density at radius 3 is 2.43 bits per heavy atom. The number of carbonyl (C=O) groups is 2. The van der Waals surface area contributed by atoms with Gasteiger partial charge in [0.05, 0.1) is 15.7 Å². The third-order valence-electron chi connectivity index (χ3n) is 4.80. The number of benzene rings is 1. The van der Waals surface area contributed by atoms with Gasteiger partial charge in [-0.25, -0.2) is 9.18 Å². The second-order valence-corrected chi connectivity index (χ2v) is 9.63. The smallest absolute Gasteiger partial charge is 0.410 e. The SMILES string of the molecule is CS(=O)c1ccc(CCCC(=O)C2CCN(C(=O)OC(C)(C)C)CC2)cc1F. The Kier molecular flexibility index (Phi) is 7.75. The fourth-order valence-electron chi connectivity index (χ4n) is 3.31. The molecule has 0 aliphatic carbocycles. The van der Waals surface area contributed by atoms with Gasteiger partial charge in [0.1, 0.15) is 17.2 Å². The van der Waals surface area contributed by atoms with Crippen LogP contribution < -0.4 is 0 Å². The molecule has 1 aromatic carbocycles. The van der Waals surface area contributed by atoms with Crippen LogP contribution in [-0.2, 0) is 26.8 Å². The highest BCUT2D eigenvalue weighted by molar-refractivity contribution is 7.84. The maximum atomic E-state index is 13.9. The Balaban J connectivity index is 1.75. The van der Waals surface area contributed by atoms with E-state index in [1.165, 1.54) is 12.3 Å². The molecule has 1 amide bonds. The number of piperidine rings is 1. The summed E-state index contributed by atoms with van der Waals surface area (Å²) in [6, 6.07) is 4.72. The third kappa shape index (κ3) is 6.69. The molecular formula is C21H30FNO4S. The summed E-state index contributed by atoms with van der Waals surface area (Å²) in [6.07, 6.45) is 4.14. The molecule has 1 fully saturated rings. The maximum absolute atomic E-state index is 13.9. The monoisotopic (exact) mass is 411 g/mol. The molecule has 1 atom stereocenters. The van der Waals surface area contributed by atoms with Gasteiger partial charge in [-0.05, 0) is 64.2 Å². The van der Waals surface area contributed by atoms with Gasteiger partial charge in [-0.2, -0.15) is 0 Å². The molecule has 0 spiro atoms. The minimum atomic E-state index is -1.34. The van der Waals surface area contributed by atoms with E-state index in [4.69, 9.17) is 4.74 Å². The Morgan fingerprint density at radius 2 is 1.89 bits per heavy atom. The van der Waals surface area contributed by atoms with Crippen LogP contribution in [0, 0.1) is 11.7 Å². The van der Waals surface area contributed by atoms with Crippen molar-refractivity contribution in [3.8, 4) is 0 Å². The van der Waals surface area contributed by atoms with Gasteiger partial charge in [-0.15, -0.1) is 0 Å². The summed E-state index contributed by atoms with van der Waals surface area (Å²) in [6.45, 7) is 6.57. The first-order chi connectivity index (χ1) is 13.1. The summed E-state index contributed by atoms with van der Waals surface area (Å²) < 4.78 is 30.6. The molecule has 2 rings (SSSR count). The van der Waals surface area contributed by atoms with Crippen LogP contribution in [-0.4, -0.2) is 45.9 Å². The molecule has 7 heteroatoms. The zero-order chi connectivity index (χ0) is 20.9. The number of Topliss-reactive ketones (excluding diaryl/α,β-unsaturated/α-hetero) is 1. The second kappa shape index (κ2) is 9.63. The average molecular weight is 412 g/mol. The molecule has 0 saturated carbocycles. The molecule has 0 radical (unpaired) electrons. The van der Waals surface area contributed by atoms with Crippen LogP contribution in [0.1, 0.15) is 52.0 Å². The first-order valence-corrected chi connectivity index (χ1v) is 11.2. The van der Waals surface area contributed by atoms with E-state index >= 15 is 0 Å². The summed E-state index contributed by atoms with van der Waals surface area (Å²) in [5.74, 6) is -0.282. The molecule has 0 aromatic heterocycles. The number of nitrogens with zero attached hydrogens (tertiary/aromatic N) is 1. The first kappa shape index (κ1) is 22.5. The minimum Gasteiger partial charge on any atom is -0.444 e. The van der Waals surface area contributed by atoms with Crippen LogP contribution in [0.15, 0.2) is 23.1 Å². The van der Waals surface area contributed by atoms with E-state index in [1.807, 2.05) is 20.8 Å². The van der Waals surface area contributed by atoms with Crippen molar-refractivity contribution < 1.29 is 22.9 Å². The van der Waals surface area contributed by atoms with Gasteiger partial charge in [0.15, 0.2) is 0 Å². The summed E-state index contributed by atoms with van der Waals surface area (Å²) in [5.41, 5.74) is 0.285. The second-order valence-electron chi connectivity index (χ2n) is 8.28. The van der Waals surface area contributed by atoms with E-state index in [9.17, 15) is 18.2 Å². The number of carbonyl (C=O) groups excluding carboxylic acids is 2. The normalized spacial score (nSPS) is 16.7. The molecule has 1 aliphatic rings. The van der Waals surface area contributed by atoms with Crippen molar-refractivity contribution in [1.82, 2.24) is 4.90 Å². The number of rotatable bonds is 6. The summed E-state index contributed by atoms with van der Waals surface area (Å²) in [5, 5.41) is 0. The Labute approximate surface area is 169 Å². The van der Waals surface area contributed by atoms with Crippen molar-refractivity contribution in [2.75, 3.05) is 19.3 Å². The van der Waals surface area contributed by atoms with Crippen molar-refractivity contribution in [2.45, 2.75) is 63.4 Å². The molecule has 5 nitrogen and oxygen atoms in total. The molecule has 0 N–H and O–H groups in total. The minimum absolute atomic E-state index is 0.0275. The number of ketones is 1. The van der Waals surface area contributed by atoms with Crippen LogP contribution in [0.3, 0.4) is 0 Å². The number of ether oxygens (including phenoxy) is 1.